The van der Waals surface area contributed by atoms with E-state index in [1.54, 1.807) is 12.1 Å². The van der Waals surface area contributed by atoms with Crippen LogP contribution in [0.4, 0.5) is 13.2 Å². The molecule has 25 heavy (non-hydrogen) atoms. The minimum atomic E-state index is -4.63. The Balaban J connectivity index is 1.49. The number of hydrogen-bond donors (Lipinski definition) is 0. The average Bonchev–Trinajstić information content (AvgIpc) is 2.61. The molecular formula is C20H27F3O2. The zero-order chi connectivity index (χ0) is 17.9. The van der Waals surface area contributed by atoms with Crippen LogP contribution in [0, 0.1) is 11.8 Å². The highest BCUT2D eigenvalue weighted by atomic mass is 19.4. The van der Waals surface area contributed by atoms with Gasteiger partial charge in [0.15, 0.2) is 0 Å². The molecule has 1 saturated heterocycles. The smallest absolute Gasteiger partial charge is 0.406 e. The normalized spacial score (nSPS) is 30.9. The highest BCUT2D eigenvalue weighted by molar-refractivity contribution is 5.29. The molecule has 0 N–H and O–H groups in total. The zero-order valence-electron chi connectivity index (χ0n) is 14.7. The van der Waals surface area contributed by atoms with Crippen LogP contribution in [0.5, 0.6) is 5.75 Å². The Bertz CT molecular complexity index is 525. The fourth-order valence-corrected chi connectivity index (χ4v) is 4.29. The fourth-order valence-electron chi connectivity index (χ4n) is 4.29. The van der Waals surface area contributed by atoms with Crippen LogP contribution >= 0.6 is 0 Å². The second kappa shape index (κ2) is 7.98. The molecule has 1 aliphatic heterocycles. The lowest BCUT2D eigenvalue weighted by Crippen LogP contribution is -2.33. The van der Waals surface area contributed by atoms with Crippen LogP contribution in [-0.2, 0) is 4.74 Å². The summed E-state index contributed by atoms with van der Waals surface area (Å²) in [6, 6.07) is 6.39. The molecule has 2 fully saturated rings. The molecule has 1 aromatic carbocycles. The predicted octanol–water partition coefficient (Wildman–Crippen LogP) is 6.06. The van der Waals surface area contributed by atoms with Crippen LogP contribution in [0.3, 0.4) is 0 Å². The molecule has 3 rings (SSSR count). The van der Waals surface area contributed by atoms with E-state index in [9.17, 15) is 13.2 Å². The Morgan fingerprint density at radius 1 is 1.00 bits per heavy atom. The highest BCUT2D eigenvalue weighted by Gasteiger charge is 2.33. The molecule has 1 aliphatic carbocycles. The van der Waals surface area contributed by atoms with Crippen LogP contribution in [0.25, 0.3) is 0 Å². The van der Waals surface area contributed by atoms with Gasteiger partial charge in [-0.15, -0.1) is 13.2 Å². The van der Waals surface area contributed by atoms with Gasteiger partial charge >= 0.3 is 6.36 Å². The van der Waals surface area contributed by atoms with Crippen molar-refractivity contribution in [2.75, 3.05) is 6.61 Å². The van der Waals surface area contributed by atoms with E-state index in [1.165, 1.54) is 31.4 Å². The first kappa shape index (κ1) is 18.6. The summed E-state index contributed by atoms with van der Waals surface area (Å²) in [6.45, 7) is 3.13. The molecule has 0 bridgehead atoms. The first-order chi connectivity index (χ1) is 11.9. The summed E-state index contributed by atoms with van der Waals surface area (Å²) in [5, 5.41) is 0. The van der Waals surface area contributed by atoms with Gasteiger partial charge in [0.25, 0.3) is 0 Å². The van der Waals surface area contributed by atoms with Crippen molar-refractivity contribution in [1.82, 2.24) is 0 Å². The minimum Gasteiger partial charge on any atom is -0.406 e. The van der Waals surface area contributed by atoms with Crippen LogP contribution in [0.1, 0.15) is 63.4 Å². The maximum Gasteiger partial charge on any atom is 0.573 e. The lowest BCUT2D eigenvalue weighted by molar-refractivity contribution is -0.274. The summed E-state index contributed by atoms with van der Waals surface area (Å²) >= 11 is 0. The molecule has 1 aromatic rings. The maximum absolute atomic E-state index is 12.2. The largest absolute Gasteiger partial charge is 0.573 e. The van der Waals surface area contributed by atoms with Crippen LogP contribution in [0.15, 0.2) is 24.3 Å². The van der Waals surface area contributed by atoms with E-state index in [-0.39, 0.29) is 5.75 Å². The lowest BCUT2D eigenvalue weighted by Gasteiger charge is -2.37. The van der Waals surface area contributed by atoms with Gasteiger partial charge in [0.1, 0.15) is 5.75 Å². The molecule has 1 heterocycles. The van der Waals surface area contributed by atoms with Gasteiger partial charge in [0.2, 0.25) is 0 Å². The number of alkyl halides is 3. The Morgan fingerprint density at radius 3 is 2.20 bits per heavy atom. The quantitative estimate of drug-likeness (QED) is 0.652. The first-order valence-corrected chi connectivity index (χ1v) is 9.42. The van der Waals surface area contributed by atoms with Gasteiger partial charge in [-0.3, -0.25) is 0 Å². The third-order valence-electron chi connectivity index (χ3n) is 5.87. The molecule has 2 atom stereocenters. The van der Waals surface area contributed by atoms with Gasteiger partial charge in [-0.1, -0.05) is 25.5 Å². The first-order valence-electron chi connectivity index (χ1n) is 9.42. The van der Waals surface area contributed by atoms with Gasteiger partial charge < -0.3 is 9.47 Å². The maximum atomic E-state index is 12.2. The van der Waals surface area contributed by atoms with E-state index in [4.69, 9.17) is 4.74 Å². The van der Waals surface area contributed by atoms with E-state index in [0.29, 0.717) is 17.9 Å². The van der Waals surface area contributed by atoms with Crippen molar-refractivity contribution < 1.29 is 22.6 Å². The molecule has 2 unspecified atom stereocenters. The number of halogens is 3. The summed E-state index contributed by atoms with van der Waals surface area (Å²) < 4.78 is 46.7. The molecule has 0 aromatic heterocycles. The number of rotatable bonds is 4. The van der Waals surface area contributed by atoms with Crippen LogP contribution < -0.4 is 4.74 Å². The van der Waals surface area contributed by atoms with Gasteiger partial charge in [-0.25, -0.2) is 0 Å². The van der Waals surface area contributed by atoms with Crippen molar-refractivity contribution in [3.05, 3.63) is 29.8 Å². The molecule has 5 heteroatoms. The molecule has 0 radical (unpaired) electrons. The van der Waals surface area contributed by atoms with E-state index >= 15 is 0 Å². The molecule has 0 spiro atoms. The third-order valence-corrected chi connectivity index (χ3v) is 5.87. The van der Waals surface area contributed by atoms with Gasteiger partial charge in [0, 0.05) is 6.61 Å². The van der Waals surface area contributed by atoms with Crippen molar-refractivity contribution in [3.63, 3.8) is 0 Å². The molecule has 2 aliphatic rings. The lowest BCUT2D eigenvalue weighted by atomic mass is 9.75. The zero-order valence-corrected chi connectivity index (χ0v) is 14.7. The monoisotopic (exact) mass is 356 g/mol. The Labute approximate surface area is 147 Å². The third kappa shape index (κ3) is 5.13. The summed E-state index contributed by atoms with van der Waals surface area (Å²) in [7, 11) is 0. The summed E-state index contributed by atoms with van der Waals surface area (Å²) in [5.41, 5.74) is 1.11. The molecule has 0 amide bonds. The topological polar surface area (TPSA) is 18.5 Å². The van der Waals surface area contributed by atoms with Crippen LogP contribution in [0.2, 0.25) is 0 Å². The van der Waals surface area contributed by atoms with Gasteiger partial charge in [-0.05, 0) is 74.0 Å². The Morgan fingerprint density at radius 2 is 1.68 bits per heavy atom. The number of hydrogen-bond acceptors (Lipinski definition) is 2. The fraction of sp³-hybridized carbons (Fsp3) is 0.700. The Hall–Kier alpha value is -1.23. The number of benzene rings is 1. The van der Waals surface area contributed by atoms with Crippen molar-refractivity contribution >= 4 is 0 Å². The summed E-state index contributed by atoms with van der Waals surface area (Å²) in [5.74, 6) is 1.65. The SMILES string of the molecule is CCC1CCC(C2CCC(c3ccc(OC(F)(F)F)cc3)CC2)OC1. The van der Waals surface area contributed by atoms with Gasteiger partial charge in [-0.2, -0.15) is 0 Å². The van der Waals surface area contributed by atoms with E-state index in [0.717, 1.165) is 43.8 Å². The molecule has 2 nitrogen and oxygen atoms in total. The van der Waals surface area contributed by atoms with E-state index in [2.05, 4.69) is 11.7 Å². The van der Waals surface area contributed by atoms with E-state index < -0.39 is 6.36 Å². The van der Waals surface area contributed by atoms with E-state index in [1.807, 2.05) is 0 Å². The second-order valence-corrected chi connectivity index (χ2v) is 7.45. The second-order valence-electron chi connectivity index (χ2n) is 7.45. The minimum absolute atomic E-state index is 0.147. The summed E-state index contributed by atoms with van der Waals surface area (Å²) in [4.78, 5) is 0. The molecular weight excluding hydrogens is 329 g/mol. The van der Waals surface area contributed by atoms with Crippen molar-refractivity contribution in [2.24, 2.45) is 11.8 Å². The number of ether oxygens (including phenoxy) is 2. The van der Waals surface area contributed by atoms with Crippen molar-refractivity contribution in [2.45, 2.75) is 70.3 Å². The van der Waals surface area contributed by atoms with Crippen LogP contribution in [-0.4, -0.2) is 19.1 Å². The van der Waals surface area contributed by atoms with Crippen molar-refractivity contribution in [1.29, 1.82) is 0 Å². The summed E-state index contributed by atoms with van der Waals surface area (Å²) in [6.07, 6.45) is 3.90. The highest BCUT2D eigenvalue weighted by Crippen LogP contribution is 2.40. The standard InChI is InChI=1S/C20H27F3O2/c1-2-14-3-12-19(24-13-14)17-6-4-15(5-7-17)16-8-10-18(11-9-16)25-20(21,22)23/h8-11,14-15,17,19H,2-7,12-13H2,1H3. The van der Waals surface area contributed by atoms with Gasteiger partial charge in [0.05, 0.1) is 6.10 Å². The van der Waals surface area contributed by atoms with Crippen molar-refractivity contribution in [3.8, 4) is 5.75 Å². The predicted molar refractivity (Wildman–Crippen MR) is 90.6 cm³/mol. The molecule has 140 valence electrons. The average molecular weight is 356 g/mol. The Kier molecular flexibility index (Phi) is 5.92. The molecule has 1 saturated carbocycles.